The number of ether oxygens (including phenoxy) is 2. The second kappa shape index (κ2) is 8.14. The predicted molar refractivity (Wildman–Crippen MR) is 116 cm³/mol. The first kappa shape index (κ1) is 21.0. The summed E-state index contributed by atoms with van der Waals surface area (Å²) in [5, 5.41) is 1.71. The van der Waals surface area contributed by atoms with Crippen molar-refractivity contribution < 1.29 is 22.7 Å². The van der Waals surface area contributed by atoms with Gasteiger partial charge in [0.05, 0.1) is 24.4 Å². The fourth-order valence-electron chi connectivity index (χ4n) is 3.53. The van der Waals surface area contributed by atoms with Crippen LogP contribution in [0.2, 0.25) is 0 Å². The Hall–Kier alpha value is -2.21. The van der Waals surface area contributed by atoms with Gasteiger partial charge in [-0.25, -0.2) is 8.42 Å². The van der Waals surface area contributed by atoms with Crippen molar-refractivity contribution in [3.05, 3.63) is 34.4 Å². The molecule has 1 aromatic carbocycles. The second-order valence-corrected chi connectivity index (χ2v) is 10.8. The summed E-state index contributed by atoms with van der Waals surface area (Å²) in [5.74, 6) is 0.725. The molecule has 1 fully saturated rings. The van der Waals surface area contributed by atoms with Gasteiger partial charge in [0.1, 0.15) is 10.3 Å². The molecule has 1 unspecified atom stereocenters. The van der Waals surface area contributed by atoms with Crippen LogP contribution in [0.5, 0.6) is 11.5 Å². The van der Waals surface area contributed by atoms with E-state index in [0.717, 1.165) is 21.6 Å². The highest BCUT2D eigenvalue weighted by molar-refractivity contribution is 7.91. The minimum absolute atomic E-state index is 0.244. The van der Waals surface area contributed by atoms with Gasteiger partial charge in [0.25, 0.3) is 15.9 Å². The lowest BCUT2D eigenvalue weighted by molar-refractivity contribution is -0.121. The first-order valence-corrected chi connectivity index (χ1v) is 12.4. The van der Waals surface area contributed by atoms with Crippen LogP contribution in [0.1, 0.15) is 12.8 Å². The number of fused-ring (bicyclic) bond motifs is 1. The fourth-order valence-corrected chi connectivity index (χ4v) is 7.33. The van der Waals surface area contributed by atoms with E-state index >= 15 is 0 Å². The number of hydrogen-bond donors (Lipinski definition) is 0. The zero-order valence-electron chi connectivity index (χ0n) is 16.7. The molecule has 0 N–H and O–H groups in total. The summed E-state index contributed by atoms with van der Waals surface area (Å²) >= 11 is 2.49. The zero-order chi connectivity index (χ0) is 21.5. The summed E-state index contributed by atoms with van der Waals surface area (Å²) in [4.78, 5) is 17.8. The highest BCUT2D eigenvalue weighted by Gasteiger charge is 2.39. The molecule has 3 aromatic rings. The number of thiophene rings is 1. The highest BCUT2D eigenvalue weighted by Crippen LogP contribution is 2.33. The van der Waals surface area contributed by atoms with Gasteiger partial charge >= 0.3 is 0 Å². The third kappa shape index (κ3) is 3.55. The van der Waals surface area contributed by atoms with E-state index in [1.807, 2.05) is 19.2 Å². The van der Waals surface area contributed by atoms with Crippen LogP contribution in [-0.4, -0.2) is 50.0 Å². The van der Waals surface area contributed by atoms with E-state index in [1.165, 1.54) is 15.6 Å². The molecule has 160 valence electrons. The first-order chi connectivity index (χ1) is 14.4. The minimum atomic E-state index is -3.70. The molecule has 3 heterocycles. The van der Waals surface area contributed by atoms with Crippen LogP contribution < -0.4 is 14.3 Å². The summed E-state index contributed by atoms with van der Waals surface area (Å²) in [7, 11) is 1.24. The number of aromatic nitrogens is 1. The molecule has 1 aliphatic heterocycles. The largest absolute Gasteiger partial charge is 0.493 e. The molecule has 1 amide bonds. The van der Waals surface area contributed by atoms with Crippen molar-refractivity contribution in [2.75, 3.05) is 20.8 Å². The van der Waals surface area contributed by atoms with E-state index in [0.29, 0.717) is 35.7 Å². The predicted octanol–water partition coefficient (Wildman–Crippen LogP) is 2.60. The maximum absolute atomic E-state index is 13.0. The van der Waals surface area contributed by atoms with Crippen molar-refractivity contribution in [1.29, 1.82) is 0 Å². The van der Waals surface area contributed by atoms with Gasteiger partial charge in [-0.2, -0.15) is 9.30 Å². The molecule has 1 atom stereocenters. The topological polar surface area (TPSA) is 90.2 Å². The molecule has 0 bridgehead atoms. The van der Waals surface area contributed by atoms with Gasteiger partial charge < -0.3 is 14.0 Å². The number of carbonyl (C=O) groups is 1. The van der Waals surface area contributed by atoms with Gasteiger partial charge in [0.2, 0.25) is 0 Å². The van der Waals surface area contributed by atoms with Crippen LogP contribution in [0.25, 0.3) is 10.2 Å². The molecule has 0 radical (unpaired) electrons. The molecule has 0 spiro atoms. The van der Waals surface area contributed by atoms with Crippen molar-refractivity contribution in [3.63, 3.8) is 0 Å². The molecule has 2 aromatic heterocycles. The number of rotatable bonds is 5. The number of nitrogens with zero attached hydrogens (tertiary/aromatic N) is 3. The monoisotopic (exact) mass is 467 g/mol. The van der Waals surface area contributed by atoms with Gasteiger partial charge in [-0.15, -0.1) is 11.3 Å². The van der Waals surface area contributed by atoms with Crippen molar-refractivity contribution in [2.24, 2.45) is 12.0 Å². The quantitative estimate of drug-likeness (QED) is 0.575. The highest BCUT2D eigenvalue weighted by atomic mass is 32.2. The lowest BCUT2D eigenvalue weighted by Crippen LogP contribution is -2.40. The second-order valence-electron chi connectivity index (χ2n) is 6.77. The molecule has 4 rings (SSSR count). The van der Waals surface area contributed by atoms with Gasteiger partial charge in [0.15, 0.2) is 16.3 Å². The van der Waals surface area contributed by atoms with E-state index < -0.39 is 22.0 Å². The Bertz CT molecular complexity index is 1260. The summed E-state index contributed by atoms with van der Waals surface area (Å²) < 4.78 is 40.8. The zero-order valence-corrected chi connectivity index (χ0v) is 19.1. The Balaban J connectivity index is 1.72. The molecule has 0 aliphatic carbocycles. The van der Waals surface area contributed by atoms with E-state index in [2.05, 4.69) is 4.99 Å². The van der Waals surface area contributed by atoms with Crippen LogP contribution in [0.15, 0.2) is 38.8 Å². The lowest BCUT2D eigenvalue weighted by Gasteiger charge is -2.20. The maximum Gasteiger partial charge on any atom is 0.266 e. The summed E-state index contributed by atoms with van der Waals surface area (Å²) in [6.07, 6.45) is 1.09. The maximum atomic E-state index is 13.0. The molecule has 1 aliphatic rings. The minimum Gasteiger partial charge on any atom is -0.493 e. The number of hydrogen-bond acceptors (Lipinski definition) is 7. The van der Waals surface area contributed by atoms with Crippen molar-refractivity contribution >= 4 is 48.8 Å². The standard InChI is InChI=1S/C19H21N3O5S3/c1-21-13-10-14(26-2)15(27-3)11-16(13)29-19(21)20-18(23)12-6-4-8-22(12)30(24,25)17-7-5-9-28-17/h5,7,9-12H,4,6,8H2,1-3H3. The SMILES string of the molecule is COc1cc2sc(=NC(=O)C3CCCN3S(=O)(=O)c3cccs3)n(C)c2cc1OC. The summed E-state index contributed by atoms with van der Waals surface area (Å²) in [6.45, 7) is 0.319. The molecular formula is C19H21N3O5S3. The number of carbonyl (C=O) groups excluding carboxylic acids is 1. The van der Waals surface area contributed by atoms with Crippen LogP contribution in [-0.2, 0) is 21.9 Å². The molecule has 30 heavy (non-hydrogen) atoms. The van der Waals surface area contributed by atoms with Crippen molar-refractivity contribution in [1.82, 2.24) is 8.87 Å². The number of aryl methyl sites for hydroxylation is 1. The smallest absolute Gasteiger partial charge is 0.266 e. The van der Waals surface area contributed by atoms with E-state index in [-0.39, 0.29) is 4.21 Å². The number of sulfonamides is 1. The van der Waals surface area contributed by atoms with E-state index in [9.17, 15) is 13.2 Å². The van der Waals surface area contributed by atoms with Gasteiger partial charge in [-0.3, -0.25) is 4.79 Å². The molecule has 8 nitrogen and oxygen atoms in total. The van der Waals surface area contributed by atoms with Crippen LogP contribution in [0.3, 0.4) is 0 Å². The Morgan fingerprint density at radius 3 is 2.63 bits per heavy atom. The lowest BCUT2D eigenvalue weighted by atomic mass is 10.2. The third-order valence-electron chi connectivity index (χ3n) is 5.07. The normalized spacial score (nSPS) is 18.2. The summed E-state index contributed by atoms with van der Waals surface area (Å²) in [5.41, 5.74) is 0.846. The van der Waals surface area contributed by atoms with Crippen LogP contribution in [0.4, 0.5) is 0 Å². The first-order valence-electron chi connectivity index (χ1n) is 9.22. The van der Waals surface area contributed by atoms with Crippen LogP contribution >= 0.6 is 22.7 Å². The Morgan fingerprint density at radius 2 is 1.97 bits per heavy atom. The third-order valence-corrected chi connectivity index (χ3v) is 9.44. The molecular weight excluding hydrogens is 446 g/mol. The average Bonchev–Trinajstić information content (AvgIpc) is 3.48. The van der Waals surface area contributed by atoms with Gasteiger partial charge in [-0.05, 0) is 24.3 Å². The Kier molecular flexibility index (Phi) is 5.71. The fraction of sp³-hybridized carbons (Fsp3) is 0.368. The molecule has 0 saturated carbocycles. The summed E-state index contributed by atoms with van der Waals surface area (Å²) in [6, 6.07) is 6.13. The number of benzene rings is 1. The molecule has 11 heteroatoms. The van der Waals surface area contributed by atoms with E-state index in [4.69, 9.17) is 9.47 Å². The molecule has 1 saturated heterocycles. The number of amides is 1. The average molecular weight is 468 g/mol. The number of methoxy groups -OCH3 is 2. The van der Waals surface area contributed by atoms with Gasteiger partial charge in [0, 0.05) is 25.7 Å². The van der Waals surface area contributed by atoms with E-state index in [1.54, 1.807) is 36.3 Å². The van der Waals surface area contributed by atoms with Crippen molar-refractivity contribution in [3.8, 4) is 11.5 Å². The van der Waals surface area contributed by atoms with Crippen LogP contribution in [0, 0.1) is 0 Å². The Labute approximate surface area is 182 Å². The van der Waals surface area contributed by atoms with Gasteiger partial charge in [-0.1, -0.05) is 17.4 Å². The Morgan fingerprint density at radius 1 is 1.23 bits per heavy atom. The number of thiazole rings is 1. The van der Waals surface area contributed by atoms with Crippen molar-refractivity contribution in [2.45, 2.75) is 23.1 Å².